The number of rotatable bonds is 1. The van der Waals surface area contributed by atoms with E-state index in [2.05, 4.69) is 20.2 Å². The second-order valence-electron chi connectivity index (χ2n) is 3.85. The summed E-state index contributed by atoms with van der Waals surface area (Å²) in [4.78, 5) is 10.4. The maximum atomic E-state index is 5.83. The molecule has 4 nitrogen and oxygen atoms in total. The maximum Gasteiger partial charge on any atom is 0.134 e. The summed E-state index contributed by atoms with van der Waals surface area (Å²) in [6.45, 7) is 2.10. The lowest BCUT2D eigenvalue weighted by Gasteiger charge is -2.28. The third kappa shape index (κ3) is 1.26. The number of hydrogen-bond donors (Lipinski definition) is 1. The number of aromatic nitrogens is 2. The zero-order chi connectivity index (χ0) is 9.54. The summed E-state index contributed by atoms with van der Waals surface area (Å²) in [5, 5.41) is 3.97. The standard InChI is InChI=1S/C9H11ClN4/c10-8-2-9(13-5-12-8)14-4-6-1-7(14)3-11-6/h2,5-7,11H,1,3-4H2/t6-,7-/m0/s1. The Labute approximate surface area is 87.3 Å². The third-order valence-electron chi connectivity index (χ3n) is 2.97. The van der Waals surface area contributed by atoms with E-state index in [4.69, 9.17) is 11.6 Å². The average molecular weight is 211 g/mol. The lowest BCUT2D eigenvalue weighted by Crippen LogP contribution is -2.44. The van der Waals surface area contributed by atoms with Crippen LogP contribution in [-0.4, -0.2) is 35.1 Å². The number of fused-ring (bicyclic) bond motifs is 2. The normalized spacial score (nSPS) is 29.9. The highest BCUT2D eigenvalue weighted by Crippen LogP contribution is 2.28. The first-order chi connectivity index (χ1) is 6.83. The average Bonchev–Trinajstić information content (AvgIpc) is 2.78. The van der Waals surface area contributed by atoms with Crippen molar-refractivity contribution in [3.05, 3.63) is 17.5 Å². The van der Waals surface area contributed by atoms with Crippen molar-refractivity contribution in [1.29, 1.82) is 0 Å². The van der Waals surface area contributed by atoms with E-state index in [0.29, 0.717) is 17.2 Å². The third-order valence-corrected chi connectivity index (χ3v) is 3.18. The molecule has 0 radical (unpaired) electrons. The van der Waals surface area contributed by atoms with Crippen LogP contribution in [0.2, 0.25) is 5.15 Å². The largest absolute Gasteiger partial charge is 0.351 e. The monoisotopic (exact) mass is 210 g/mol. The molecule has 74 valence electrons. The molecule has 2 aliphatic rings. The van der Waals surface area contributed by atoms with Gasteiger partial charge in [0.15, 0.2) is 0 Å². The van der Waals surface area contributed by atoms with Crippen molar-refractivity contribution in [2.75, 3.05) is 18.0 Å². The molecular formula is C9H11ClN4. The van der Waals surface area contributed by atoms with Crippen molar-refractivity contribution in [2.24, 2.45) is 0 Å². The summed E-state index contributed by atoms with van der Waals surface area (Å²) in [5.41, 5.74) is 0. The summed E-state index contributed by atoms with van der Waals surface area (Å²) in [5.74, 6) is 0.957. The first-order valence-corrected chi connectivity index (χ1v) is 5.18. The van der Waals surface area contributed by atoms with Crippen LogP contribution in [0.4, 0.5) is 5.82 Å². The zero-order valence-corrected chi connectivity index (χ0v) is 8.41. The second kappa shape index (κ2) is 3.07. The Kier molecular flexibility index (Phi) is 1.85. The molecule has 14 heavy (non-hydrogen) atoms. The fourth-order valence-corrected chi connectivity index (χ4v) is 2.46. The number of halogens is 1. The molecule has 0 amide bonds. The molecule has 0 aromatic carbocycles. The Morgan fingerprint density at radius 1 is 1.50 bits per heavy atom. The molecule has 1 aromatic heterocycles. The number of hydrogen-bond acceptors (Lipinski definition) is 4. The first-order valence-electron chi connectivity index (χ1n) is 4.80. The van der Waals surface area contributed by atoms with Gasteiger partial charge >= 0.3 is 0 Å². The summed E-state index contributed by atoms with van der Waals surface area (Å²) in [6.07, 6.45) is 2.75. The summed E-state index contributed by atoms with van der Waals surface area (Å²) < 4.78 is 0. The van der Waals surface area contributed by atoms with E-state index in [1.165, 1.54) is 12.7 Å². The zero-order valence-electron chi connectivity index (χ0n) is 7.65. The molecule has 0 saturated carbocycles. The van der Waals surface area contributed by atoms with E-state index < -0.39 is 0 Å². The van der Waals surface area contributed by atoms with Gasteiger partial charge in [-0.3, -0.25) is 0 Å². The van der Waals surface area contributed by atoms with Crippen molar-refractivity contribution in [3.8, 4) is 0 Å². The smallest absolute Gasteiger partial charge is 0.134 e. The highest BCUT2D eigenvalue weighted by Gasteiger charge is 2.38. The van der Waals surface area contributed by atoms with E-state index in [0.717, 1.165) is 18.9 Å². The molecule has 5 heteroatoms. The van der Waals surface area contributed by atoms with Gasteiger partial charge in [-0.25, -0.2) is 9.97 Å². The Bertz CT molecular complexity index is 356. The van der Waals surface area contributed by atoms with Crippen LogP contribution in [0.5, 0.6) is 0 Å². The van der Waals surface area contributed by atoms with E-state index in [-0.39, 0.29) is 0 Å². The molecule has 2 aliphatic heterocycles. The van der Waals surface area contributed by atoms with E-state index in [9.17, 15) is 0 Å². The van der Waals surface area contributed by atoms with Crippen LogP contribution in [0.15, 0.2) is 12.4 Å². The van der Waals surface area contributed by atoms with Gasteiger partial charge in [-0.1, -0.05) is 11.6 Å². The molecule has 0 unspecified atom stereocenters. The van der Waals surface area contributed by atoms with Gasteiger partial charge in [-0.2, -0.15) is 0 Å². The van der Waals surface area contributed by atoms with Crippen LogP contribution in [-0.2, 0) is 0 Å². The van der Waals surface area contributed by atoms with Gasteiger partial charge in [0.05, 0.1) is 0 Å². The predicted molar refractivity (Wildman–Crippen MR) is 54.6 cm³/mol. The minimum atomic E-state index is 0.519. The van der Waals surface area contributed by atoms with Crippen LogP contribution >= 0.6 is 11.6 Å². The number of nitrogens with zero attached hydrogens (tertiary/aromatic N) is 3. The number of anilines is 1. The SMILES string of the molecule is Clc1cc(N2C[C@@H]3C[C@H]2CN3)ncn1. The number of piperazine rings is 1. The summed E-state index contributed by atoms with van der Waals surface area (Å²) >= 11 is 5.83. The molecule has 1 aromatic rings. The van der Waals surface area contributed by atoms with E-state index in [1.807, 2.05) is 6.07 Å². The van der Waals surface area contributed by atoms with Crippen molar-refractivity contribution in [3.63, 3.8) is 0 Å². The quantitative estimate of drug-likeness (QED) is 0.693. The van der Waals surface area contributed by atoms with Gasteiger partial charge in [-0.15, -0.1) is 0 Å². The van der Waals surface area contributed by atoms with Gasteiger partial charge < -0.3 is 10.2 Å². The van der Waals surface area contributed by atoms with Gasteiger partial charge in [0.25, 0.3) is 0 Å². The summed E-state index contributed by atoms with van der Waals surface area (Å²) in [6, 6.07) is 3.06. The lowest BCUT2D eigenvalue weighted by atomic mass is 10.2. The minimum Gasteiger partial charge on any atom is -0.351 e. The lowest BCUT2D eigenvalue weighted by molar-refractivity contribution is 0.576. The molecule has 0 aliphatic carbocycles. The highest BCUT2D eigenvalue weighted by atomic mass is 35.5. The Morgan fingerprint density at radius 2 is 2.43 bits per heavy atom. The van der Waals surface area contributed by atoms with E-state index in [1.54, 1.807) is 0 Å². The van der Waals surface area contributed by atoms with Crippen LogP contribution in [0.25, 0.3) is 0 Å². The summed E-state index contributed by atoms with van der Waals surface area (Å²) in [7, 11) is 0. The molecular weight excluding hydrogens is 200 g/mol. The minimum absolute atomic E-state index is 0.519. The molecule has 2 saturated heterocycles. The Balaban J connectivity index is 1.89. The molecule has 1 N–H and O–H groups in total. The van der Waals surface area contributed by atoms with Gasteiger partial charge in [0.2, 0.25) is 0 Å². The topological polar surface area (TPSA) is 41.0 Å². The Morgan fingerprint density at radius 3 is 3.07 bits per heavy atom. The van der Waals surface area contributed by atoms with Crippen LogP contribution in [0.3, 0.4) is 0 Å². The molecule has 0 spiro atoms. The fraction of sp³-hybridized carbons (Fsp3) is 0.556. The van der Waals surface area contributed by atoms with Gasteiger partial charge in [-0.05, 0) is 6.42 Å². The van der Waals surface area contributed by atoms with Crippen LogP contribution in [0, 0.1) is 0 Å². The van der Waals surface area contributed by atoms with Crippen LogP contribution in [0.1, 0.15) is 6.42 Å². The van der Waals surface area contributed by atoms with Crippen LogP contribution < -0.4 is 10.2 Å². The van der Waals surface area contributed by atoms with E-state index >= 15 is 0 Å². The Hall–Kier alpha value is -0.870. The van der Waals surface area contributed by atoms with Gasteiger partial charge in [0.1, 0.15) is 17.3 Å². The predicted octanol–water partition coefficient (Wildman–Crippen LogP) is 0.680. The highest BCUT2D eigenvalue weighted by molar-refractivity contribution is 6.29. The molecule has 2 atom stereocenters. The molecule has 3 heterocycles. The van der Waals surface area contributed by atoms with Crippen molar-refractivity contribution in [1.82, 2.24) is 15.3 Å². The maximum absolute atomic E-state index is 5.83. The molecule has 3 rings (SSSR count). The fourth-order valence-electron chi connectivity index (χ4n) is 2.32. The van der Waals surface area contributed by atoms with Crippen molar-refractivity contribution >= 4 is 17.4 Å². The van der Waals surface area contributed by atoms with Gasteiger partial charge in [0, 0.05) is 31.2 Å². The first kappa shape index (κ1) is 8.44. The van der Waals surface area contributed by atoms with Crippen molar-refractivity contribution in [2.45, 2.75) is 18.5 Å². The molecule has 2 fully saturated rings. The molecule has 2 bridgehead atoms. The number of nitrogens with one attached hydrogen (secondary N) is 1. The van der Waals surface area contributed by atoms with Crippen molar-refractivity contribution < 1.29 is 0 Å². The second-order valence-corrected chi connectivity index (χ2v) is 4.23.